The molecule has 162 valence electrons. The van der Waals surface area contributed by atoms with Crippen LogP contribution in [0.5, 0.6) is 5.75 Å². The molecule has 31 heavy (non-hydrogen) atoms. The summed E-state index contributed by atoms with van der Waals surface area (Å²) in [5.74, 6) is 0.130. The summed E-state index contributed by atoms with van der Waals surface area (Å²) in [6.45, 7) is 7.75. The number of anilines is 2. The molecule has 0 spiro atoms. The lowest BCUT2D eigenvalue weighted by atomic mass is 10.1. The Morgan fingerprint density at radius 3 is 2.35 bits per heavy atom. The average Bonchev–Trinajstić information content (AvgIpc) is 2.72. The molecule has 0 atom stereocenters. The quantitative estimate of drug-likeness (QED) is 0.540. The van der Waals surface area contributed by atoms with E-state index in [-0.39, 0.29) is 10.5 Å². The Bertz CT molecular complexity index is 1220. The van der Waals surface area contributed by atoms with Crippen molar-refractivity contribution in [3.05, 3.63) is 82.9 Å². The minimum absolute atomic E-state index is 0.0548. The van der Waals surface area contributed by atoms with Gasteiger partial charge in [0.15, 0.2) is 0 Å². The van der Waals surface area contributed by atoms with Crippen LogP contribution in [-0.4, -0.2) is 20.9 Å². The molecule has 0 aliphatic carbocycles. The summed E-state index contributed by atoms with van der Waals surface area (Å²) in [4.78, 5) is 12.9. The van der Waals surface area contributed by atoms with Gasteiger partial charge in [0.2, 0.25) is 0 Å². The number of carbonyl (C=O) groups excluding carboxylic acids is 1. The van der Waals surface area contributed by atoms with Crippen LogP contribution in [0, 0.1) is 20.8 Å². The molecule has 0 unspecified atom stereocenters. The van der Waals surface area contributed by atoms with Crippen molar-refractivity contribution in [2.24, 2.45) is 0 Å². The molecule has 3 rings (SSSR count). The highest BCUT2D eigenvalue weighted by molar-refractivity contribution is 7.92. The third-order valence-corrected chi connectivity index (χ3v) is 6.32. The lowest BCUT2D eigenvalue weighted by molar-refractivity contribution is 0.102. The number of sulfonamides is 1. The molecular weight excluding hydrogens is 412 g/mol. The Labute approximate surface area is 183 Å². The largest absolute Gasteiger partial charge is 0.492 e. The zero-order valence-corrected chi connectivity index (χ0v) is 18.8. The number of para-hydroxylation sites is 2. The van der Waals surface area contributed by atoms with E-state index in [2.05, 4.69) is 10.0 Å². The second-order valence-electron chi connectivity index (χ2n) is 7.29. The van der Waals surface area contributed by atoms with Crippen LogP contribution in [-0.2, 0) is 10.0 Å². The Morgan fingerprint density at radius 2 is 1.61 bits per heavy atom. The van der Waals surface area contributed by atoms with Crippen LogP contribution in [0.2, 0.25) is 0 Å². The molecule has 1 amide bonds. The summed E-state index contributed by atoms with van der Waals surface area (Å²) >= 11 is 0. The molecule has 0 aromatic heterocycles. The third kappa shape index (κ3) is 5.24. The van der Waals surface area contributed by atoms with Gasteiger partial charge in [0.1, 0.15) is 5.75 Å². The van der Waals surface area contributed by atoms with E-state index in [1.807, 2.05) is 39.0 Å². The van der Waals surface area contributed by atoms with Gasteiger partial charge >= 0.3 is 0 Å². The summed E-state index contributed by atoms with van der Waals surface area (Å²) in [5.41, 5.74) is 3.57. The fourth-order valence-corrected chi connectivity index (χ4v) is 4.52. The standard InChI is InChI=1S/C24H26N2O4S/c1-5-30-22-9-7-6-8-20(22)25-24(27)19-13-12-18(4)23(15-19)31(28,29)26-21-14-16(2)10-11-17(21)3/h6-15,26H,5H2,1-4H3,(H,25,27). The van der Waals surface area contributed by atoms with Crippen molar-refractivity contribution >= 4 is 27.3 Å². The predicted molar refractivity (Wildman–Crippen MR) is 123 cm³/mol. The summed E-state index contributed by atoms with van der Waals surface area (Å²) in [7, 11) is -3.88. The predicted octanol–water partition coefficient (Wildman–Crippen LogP) is 5.06. The van der Waals surface area contributed by atoms with E-state index in [4.69, 9.17) is 4.74 Å². The lowest BCUT2D eigenvalue weighted by Crippen LogP contribution is -2.18. The van der Waals surface area contributed by atoms with Gasteiger partial charge in [-0.3, -0.25) is 9.52 Å². The number of aryl methyl sites for hydroxylation is 3. The molecule has 0 fully saturated rings. The van der Waals surface area contributed by atoms with Crippen molar-refractivity contribution in [1.29, 1.82) is 0 Å². The number of amides is 1. The highest BCUT2D eigenvalue weighted by Gasteiger charge is 2.20. The summed E-state index contributed by atoms with van der Waals surface area (Å²) in [6, 6.07) is 17.3. The Hall–Kier alpha value is -3.32. The van der Waals surface area contributed by atoms with E-state index in [1.165, 1.54) is 6.07 Å². The van der Waals surface area contributed by atoms with E-state index in [1.54, 1.807) is 43.3 Å². The number of hydrogen-bond acceptors (Lipinski definition) is 4. The topological polar surface area (TPSA) is 84.5 Å². The SMILES string of the molecule is CCOc1ccccc1NC(=O)c1ccc(C)c(S(=O)(=O)Nc2cc(C)ccc2C)c1. The number of nitrogens with one attached hydrogen (secondary N) is 2. The second-order valence-corrected chi connectivity index (χ2v) is 8.94. The van der Waals surface area contributed by atoms with Crippen LogP contribution in [0.3, 0.4) is 0 Å². The molecule has 7 heteroatoms. The minimum atomic E-state index is -3.88. The zero-order valence-electron chi connectivity index (χ0n) is 18.0. The molecule has 0 saturated carbocycles. The van der Waals surface area contributed by atoms with Gasteiger partial charge in [-0.05, 0) is 74.7 Å². The number of benzene rings is 3. The van der Waals surface area contributed by atoms with Crippen molar-refractivity contribution in [3.63, 3.8) is 0 Å². The van der Waals surface area contributed by atoms with E-state index >= 15 is 0 Å². The van der Waals surface area contributed by atoms with Crippen molar-refractivity contribution in [2.45, 2.75) is 32.6 Å². The molecule has 3 aromatic rings. The van der Waals surface area contributed by atoms with Crippen molar-refractivity contribution in [3.8, 4) is 5.75 Å². The van der Waals surface area contributed by atoms with Crippen molar-refractivity contribution in [2.75, 3.05) is 16.6 Å². The smallest absolute Gasteiger partial charge is 0.262 e. The van der Waals surface area contributed by atoms with Gasteiger partial charge in [0, 0.05) is 5.56 Å². The normalized spacial score (nSPS) is 11.1. The van der Waals surface area contributed by atoms with E-state index in [9.17, 15) is 13.2 Å². The fourth-order valence-electron chi connectivity index (χ4n) is 3.12. The van der Waals surface area contributed by atoms with Gasteiger partial charge in [-0.1, -0.05) is 30.3 Å². The molecule has 0 bridgehead atoms. The van der Waals surface area contributed by atoms with Gasteiger partial charge in [-0.25, -0.2) is 8.42 Å². The van der Waals surface area contributed by atoms with Gasteiger partial charge in [0.25, 0.3) is 15.9 Å². The first kappa shape index (κ1) is 22.4. The summed E-state index contributed by atoms with van der Waals surface area (Å²) in [6.07, 6.45) is 0. The number of carbonyl (C=O) groups is 1. The fraction of sp³-hybridized carbons (Fsp3) is 0.208. The minimum Gasteiger partial charge on any atom is -0.492 e. The first-order valence-electron chi connectivity index (χ1n) is 9.95. The van der Waals surface area contributed by atoms with Crippen molar-refractivity contribution < 1.29 is 17.9 Å². The van der Waals surface area contributed by atoms with E-state index < -0.39 is 15.9 Å². The van der Waals surface area contributed by atoms with E-state index in [0.717, 1.165) is 11.1 Å². The average molecular weight is 439 g/mol. The molecule has 0 aliphatic rings. The number of rotatable bonds is 7. The van der Waals surface area contributed by atoms with Crippen LogP contribution in [0.15, 0.2) is 65.6 Å². The molecule has 6 nitrogen and oxygen atoms in total. The Morgan fingerprint density at radius 1 is 0.903 bits per heavy atom. The van der Waals surface area contributed by atoms with Crippen LogP contribution < -0.4 is 14.8 Å². The van der Waals surface area contributed by atoms with Crippen molar-refractivity contribution in [1.82, 2.24) is 0 Å². The molecular formula is C24H26N2O4S. The summed E-state index contributed by atoms with van der Waals surface area (Å²) in [5, 5.41) is 2.80. The first-order chi connectivity index (χ1) is 14.7. The number of ether oxygens (including phenoxy) is 1. The van der Waals surface area contributed by atoms with Crippen LogP contribution in [0.1, 0.15) is 34.0 Å². The van der Waals surface area contributed by atoms with Gasteiger partial charge < -0.3 is 10.1 Å². The maximum atomic E-state index is 13.1. The number of hydrogen-bond donors (Lipinski definition) is 2. The first-order valence-corrected chi connectivity index (χ1v) is 11.4. The molecule has 0 aliphatic heterocycles. The summed E-state index contributed by atoms with van der Waals surface area (Å²) < 4.78 is 34.4. The maximum Gasteiger partial charge on any atom is 0.262 e. The van der Waals surface area contributed by atoms with Crippen LogP contribution in [0.4, 0.5) is 11.4 Å². The Balaban J connectivity index is 1.91. The molecule has 0 heterocycles. The van der Waals surface area contributed by atoms with Gasteiger partial charge in [0.05, 0.1) is 22.9 Å². The molecule has 0 radical (unpaired) electrons. The second kappa shape index (κ2) is 9.22. The molecule has 2 N–H and O–H groups in total. The van der Waals surface area contributed by atoms with Gasteiger partial charge in [-0.2, -0.15) is 0 Å². The van der Waals surface area contributed by atoms with E-state index in [0.29, 0.717) is 29.3 Å². The zero-order chi connectivity index (χ0) is 22.6. The lowest BCUT2D eigenvalue weighted by Gasteiger charge is -2.15. The third-order valence-electron chi connectivity index (χ3n) is 4.81. The maximum absolute atomic E-state index is 13.1. The van der Waals surface area contributed by atoms with Crippen LogP contribution >= 0.6 is 0 Å². The van der Waals surface area contributed by atoms with Gasteiger partial charge in [-0.15, -0.1) is 0 Å². The molecule has 0 saturated heterocycles. The highest BCUT2D eigenvalue weighted by atomic mass is 32.2. The Kier molecular flexibility index (Phi) is 6.65. The highest BCUT2D eigenvalue weighted by Crippen LogP contribution is 2.26. The molecule has 3 aromatic carbocycles. The monoisotopic (exact) mass is 438 g/mol. The van der Waals surface area contributed by atoms with Crippen LogP contribution in [0.25, 0.3) is 0 Å².